The number of nitrogens with zero attached hydrogens (tertiary/aromatic N) is 1. The molecule has 0 radical (unpaired) electrons. The third kappa shape index (κ3) is 1.73. The number of rotatable bonds is 1. The Balaban J connectivity index is 2.43. The molecule has 20 heavy (non-hydrogen) atoms. The van der Waals surface area contributed by atoms with Gasteiger partial charge in [0.1, 0.15) is 5.82 Å². The molecule has 1 heterocycles. The fraction of sp³-hybridized carbons (Fsp3) is 0.200. The van der Waals surface area contributed by atoms with E-state index >= 15 is 0 Å². The van der Waals surface area contributed by atoms with Gasteiger partial charge in [-0.25, -0.2) is 12.8 Å². The molecule has 2 aromatic carbocycles. The molecule has 0 aromatic heterocycles. The second-order valence-corrected chi connectivity index (χ2v) is 6.66. The minimum Gasteiger partial charge on any atom is -0.266 e. The lowest BCUT2D eigenvalue weighted by Crippen LogP contribution is -2.34. The molecule has 0 unspecified atom stereocenters. The fourth-order valence-electron chi connectivity index (χ4n) is 2.61. The Hall–Kier alpha value is -1.88. The van der Waals surface area contributed by atoms with Crippen molar-refractivity contribution in [3.63, 3.8) is 0 Å². The Labute approximate surface area is 117 Å². The molecule has 3 nitrogen and oxygen atoms in total. The number of aryl methyl sites for hydroxylation is 1. The number of halogens is 1. The van der Waals surface area contributed by atoms with Gasteiger partial charge in [-0.15, -0.1) is 0 Å². The van der Waals surface area contributed by atoms with Crippen LogP contribution < -0.4 is 4.31 Å². The minimum atomic E-state index is -3.61. The highest BCUT2D eigenvalue weighted by atomic mass is 32.2. The molecule has 1 aliphatic rings. The summed E-state index contributed by atoms with van der Waals surface area (Å²) in [6.07, 6.45) is 0. The third-order valence-corrected chi connectivity index (χ3v) is 5.46. The fourth-order valence-corrected chi connectivity index (χ4v) is 4.28. The number of anilines is 1. The van der Waals surface area contributed by atoms with Crippen LogP contribution in [0.25, 0.3) is 11.1 Å². The Morgan fingerprint density at radius 2 is 1.85 bits per heavy atom. The molecule has 0 bridgehead atoms. The second-order valence-electron chi connectivity index (χ2n) is 4.83. The number of sulfonamides is 1. The van der Waals surface area contributed by atoms with E-state index in [9.17, 15) is 12.8 Å². The van der Waals surface area contributed by atoms with Crippen LogP contribution in [0.5, 0.6) is 0 Å². The zero-order valence-corrected chi connectivity index (χ0v) is 12.0. The molecule has 5 heteroatoms. The second kappa shape index (κ2) is 4.31. The van der Waals surface area contributed by atoms with E-state index < -0.39 is 15.8 Å². The quantitative estimate of drug-likeness (QED) is 0.808. The number of hydrogen-bond acceptors (Lipinski definition) is 2. The lowest BCUT2D eigenvalue weighted by atomic mass is 10.0. The molecule has 0 spiro atoms. The maximum Gasteiger partial charge on any atom is 0.264 e. The molecule has 1 aliphatic heterocycles. The van der Waals surface area contributed by atoms with Crippen molar-refractivity contribution in [1.29, 1.82) is 0 Å². The van der Waals surface area contributed by atoms with Crippen LogP contribution in [0.1, 0.15) is 12.5 Å². The van der Waals surface area contributed by atoms with Gasteiger partial charge in [0.15, 0.2) is 0 Å². The first-order valence-electron chi connectivity index (χ1n) is 6.38. The minimum absolute atomic E-state index is 0.270. The van der Waals surface area contributed by atoms with Crippen molar-refractivity contribution >= 4 is 15.7 Å². The van der Waals surface area contributed by atoms with Gasteiger partial charge in [-0.1, -0.05) is 11.6 Å². The summed E-state index contributed by atoms with van der Waals surface area (Å²) < 4.78 is 40.0. The highest BCUT2D eigenvalue weighted by Gasteiger charge is 2.34. The van der Waals surface area contributed by atoms with Crippen LogP contribution in [-0.2, 0) is 10.0 Å². The standard InChI is InChI=1S/C15H14FNO2S/c1-3-17-14-9-11(16)5-6-12(14)13-8-10(2)4-7-15(13)20(17,18)19/h4-9H,3H2,1-2H3. The van der Waals surface area contributed by atoms with Crippen molar-refractivity contribution in [3.05, 3.63) is 47.8 Å². The van der Waals surface area contributed by atoms with Crippen LogP contribution in [0.3, 0.4) is 0 Å². The van der Waals surface area contributed by atoms with Crippen molar-refractivity contribution in [2.45, 2.75) is 18.7 Å². The Kier molecular flexibility index (Phi) is 2.83. The molecule has 0 fully saturated rings. The largest absolute Gasteiger partial charge is 0.266 e. The molecule has 0 aliphatic carbocycles. The van der Waals surface area contributed by atoms with Crippen molar-refractivity contribution in [2.24, 2.45) is 0 Å². The molecule has 0 saturated heterocycles. The maximum absolute atomic E-state index is 13.5. The van der Waals surface area contributed by atoms with E-state index in [4.69, 9.17) is 0 Å². The Morgan fingerprint density at radius 3 is 2.55 bits per heavy atom. The number of fused-ring (bicyclic) bond motifs is 3. The normalized spacial score (nSPS) is 15.7. The average Bonchev–Trinajstić information content (AvgIpc) is 2.38. The molecule has 104 valence electrons. The summed E-state index contributed by atoms with van der Waals surface area (Å²) in [5, 5.41) is 0. The third-order valence-electron chi connectivity index (χ3n) is 3.51. The molecular formula is C15H14FNO2S. The van der Waals surface area contributed by atoms with Gasteiger partial charge in [0, 0.05) is 17.7 Å². The van der Waals surface area contributed by atoms with E-state index in [0.29, 0.717) is 11.3 Å². The van der Waals surface area contributed by atoms with Crippen molar-refractivity contribution in [1.82, 2.24) is 0 Å². The van der Waals surface area contributed by atoms with E-state index in [1.165, 1.54) is 16.4 Å². The molecule has 0 saturated carbocycles. The van der Waals surface area contributed by atoms with E-state index in [1.807, 2.05) is 13.0 Å². The smallest absolute Gasteiger partial charge is 0.264 e. The van der Waals surface area contributed by atoms with E-state index in [-0.39, 0.29) is 11.4 Å². The summed E-state index contributed by atoms with van der Waals surface area (Å²) in [7, 11) is -3.61. The van der Waals surface area contributed by atoms with Crippen LogP contribution in [0, 0.1) is 12.7 Å². The first kappa shape index (κ1) is 13.1. The summed E-state index contributed by atoms with van der Waals surface area (Å²) in [6, 6.07) is 9.50. The van der Waals surface area contributed by atoms with Gasteiger partial charge < -0.3 is 0 Å². The summed E-state index contributed by atoms with van der Waals surface area (Å²) in [5.41, 5.74) is 2.77. The predicted octanol–water partition coefficient (Wildman–Crippen LogP) is 3.33. The SMILES string of the molecule is CCN1c2cc(F)ccc2-c2cc(C)ccc2S1(=O)=O. The van der Waals surface area contributed by atoms with Crippen LogP contribution in [0.15, 0.2) is 41.3 Å². The molecule has 0 atom stereocenters. The highest BCUT2D eigenvalue weighted by molar-refractivity contribution is 7.93. The van der Waals surface area contributed by atoms with Crippen molar-refractivity contribution < 1.29 is 12.8 Å². The highest BCUT2D eigenvalue weighted by Crippen LogP contribution is 2.43. The number of benzene rings is 2. The Bertz CT molecular complexity index is 800. The molecule has 0 amide bonds. The molecule has 0 N–H and O–H groups in total. The van der Waals surface area contributed by atoms with Crippen molar-refractivity contribution in [3.8, 4) is 11.1 Å². The van der Waals surface area contributed by atoms with Crippen LogP contribution in [-0.4, -0.2) is 15.0 Å². The Morgan fingerprint density at radius 1 is 1.10 bits per heavy atom. The van der Waals surface area contributed by atoms with E-state index in [0.717, 1.165) is 11.1 Å². The van der Waals surface area contributed by atoms with Gasteiger partial charge in [-0.3, -0.25) is 4.31 Å². The van der Waals surface area contributed by atoms with E-state index in [2.05, 4.69) is 0 Å². The summed E-state index contributed by atoms with van der Waals surface area (Å²) in [4.78, 5) is 0.282. The van der Waals surface area contributed by atoms with Crippen LogP contribution in [0.2, 0.25) is 0 Å². The lowest BCUT2D eigenvalue weighted by molar-refractivity contribution is 0.590. The van der Waals surface area contributed by atoms with Gasteiger partial charge in [0.05, 0.1) is 10.6 Å². The predicted molar refractivity (Wildman–Crippen MR) is 76.8 cm³/mol. The van der Waals surface area contributed by atoms with Gasteiger partial charge in [0.25, 0.3) is 10.0 Å². The zero-order valence-electron chi connectivity index (χ0n) is 11.2. The topological polar surface area (TPSA) is 37.4 Å². The summed E-state index contributed by atoms with van der Waals surface area (Å²) in [6.45, 7) is 3.92. The van der Waals surface area contributed by atoms with Crippen LogP contribution in [0.4, 0.5) is 10.1 Å². The molecule has 2 aromatic rings. The van der Waals surface area contributed by atoms with Crippen LogP contribution >= 0.6 is 0 Å². The maximum atomic E-state index is 13.5. The van der Waals surface area contributed by atoms with Gasteiger partial charge in [0.2, 0.25) is 0 Å². The monoisotopic (exact) mass is 291 g/mol. The van der Waals surface area contributed by atoms with Crippen molar-refractivity contribution in [2.75, 3.05) is 10.8 Å². The first-order valence-corrected chi connectivity index (χ1v) is 7.82. The zero-order chi connectivity index (χ0) is 14.5. The first-order chi connectivity index (χ1) is 9.45. The lowest BCUT2D eigenvalue weighted by Gasteiger charge is -2.31. The van der Waals surface area contributed by atoms with Gasteiger partial charge in [-0.05, 0) is 44.2 Å². The van der Waals surface area contributed by atoms with Gasteiger partial charge >= 0.3 is 0 Å². The summed E-state index contributed by atoms with van der Waals surface area (Å²) in [5.74, 6) is -0.437. The molecule has 3 rings (SSSR count). The van der Waals surface area contributed by atoms with Gasteiger partial charge in [-0.2, -0.15) is 0 Å². The average molecular weight is 291 g/mol. The summed E-state index contributed by atoms with van der Waals surface area (Å²) >= 11 is 0. The van der Waals surface area contributed by atoms with E-state index in [1.54, 1.807) is 25.1 Å². The number of hydrogen-bond donors (Lipinski definition) is 0. The molecular weight excluding hydrogens is 277 g/mol.